The summed E-state index contributed by atoms with van der Waals surface area (Å²) in [6.07, 6.45) is 6.43. The molecule has 0 amide bonds. The van der Waals surface area contributed by atoms with Gasteiger partial charge in [-0.25, -0.2) is 4.98 Å². The van der Waals surface area contributed by atoms with Crippen molar-refractivity contribution in [3.8, 4) is 17.2 Å². The monoisotopic (exact) mass is 474 g/mol. The van der Waals surface area contributed by atoms with Crippen molar-refractivity contribution in [2.45, 2.75) is 19.5 Å². The maximum atomic E-state index is 6.15. The third-order valence-electron chi connectivity index (χ3n) is 4.95. The second-order valence-corrected chi connectivity index (χ2v) is 7.83. The Balaban J connectivity index is 1.77. The molecule has 7 nitrogen and oxygen atoms in total. The number of nitrogens with one attached hydrogen (secondary N) is 1. The first-order chi connectivity index (χ1) is 15.5. The summed E-state index contributed by atoms with van der Waals surface area (Å²) in [5.74, 6) is 2.08. The lowest BCUT2D eigenvalue weighted by Gasteiger charge is -2.27. The van der Waals surface area contributed by atoms with Gasteiger partial charge in [-0.05, 0) is 42.9 Å². The molecule has 0 saturated carbocycles. The van der Waals surface area contributed by atoms with Gasteiger partial charge in [0.1, 0.15) is 17.2 Å². The molecular weight excluding hydrogens is 448 g/mol. The summed E-state index contributed by atoms with van der Waals surface area (Å²) in [4.78, 5) is 6.21. The van der Waals surface area contributed by atoms with Crippen molar-refractivity contribution in [2.75, 3.05) is 33.2 Å². The van der Waals surface area contributed by atoms with Gasteiger partial charge < -0.3 is 29.0 Å². The third-order valence-corrected chi connectivity index (χ3v) is 5.62. The number of benzene rings is 2. The maximum absolute atomic E-state index is 6.15. The van der Waals surface area contributed by atoms with E-state index in [1.54, 1.807) is 33.6 Å². The normalized spacial score (nSPS) is 10.5. The molecule has 3 aromatic rings. The van der Waals surface area contributed by atoms with Crippen LogP contribution in [0.3, 0.4) is 0 Å². The van der Waals surface area contributed by atoms with Crippen molar-refractivity contribution < 1.29 is 14.2 Å². The van der Waals surface area contributed by atoms with Crippen LogP contribution >= 0.6 is 23.8 Å². The lowest BCUT2D eigenvalue weighted by atomic mass is 10.1. The molecule has 0 fully saturated rings. The lowest BCUT2D eigenvalue weighted by Crippen LogP contribution is -2.35. The highest BCUT2D eigenvalue weighted by Gasteiger charge is 2.15. The first-order valence-corrected chi connectivity index (χ1v) is 10.9. The number of ether oxygens (including phenoxy) is 3. The molecule has 3 rings (SSSR count). The largest absolute Gasteiger partial charge is 0.497 e. The van der Waals surface area contributed by atoms with Gasteiger partial charge in [0, 0.05) is 55.4 Å². The van der Waals surface area contributed by atoms with Crippen LogP contribution in [-0.4, -0.2) is 47.4 Å². The van der Waals surface area contributed by atoms with Crippen LogP contribution < -0.4 is 19.5 Å². The maximum Gasteiger partial charge on any atom is 0.173 e. The fourth-order valence-corrected chi connectivity index (χ4v) is 3.71. The number of imidazole rings is 1. The Morgan fingerprint density at radius 3 is 2.59 bits per heavy atom. The number of nitrogens with zero attached hydrogens (tertiary/aromatic N) is 3. The Morgan fingerprint density at radius 1 is 1.09 bits per heavy atom. The highest BCUT2D eigenvalue weighted by molar-refractivity contribution is 7.80. The molecule has 170 valence electrons. The van der Waals surface area contributed by atoms with Crippen LogP contribution in [0.1, 0.15) is 12.0 Å². The van der Waals surface area contributed by atoms with Crippen LogP contribution in [0.2, 0.25) is 5.02 Å². The molecule has 2 aromatic carbocycles. The number of aromatic nitrogens is 2. The lowest BCUT2D eigenvalue weighted by molar-refractivity contribution is 0.366. The van der Waals surface area contributed by atoms with Gasteiger partial charge in [-0.3, -0.25) is 0 Å². The zero-order valence-electron chi connectivity index (χ0n) is 18.4. The summed E-state index contributed by atoms with van der Waals surface area (Å²) < 4.78 is 18.3. The first kappa shape index (κ1) is 23.7. The molecule has 32 heavy (non-hydrogen) atoms. The molecule has 1 N–H and O–H groups in total. The van der Waals surface area contributed by atoms with Gasteiger partial charge in [0.25, 0.3) is 0 Å². The first-order valence-electron chi connectivity index (χ1n) is 10.1. The van der Waals surface area contributed by atoms with E-state index in [0.29, 0.717) is 22.4 Å². The molecule has 0 aliphatic carbocycles. The Kier molecular flexibility index (Phi) is 8.58. The van der Waals surface area contributed by atoms with Crippen molar-refractivity contribution in [1.82, 2.24) is 14.5 Å². The number of anilines is 1. The van der Waals surface area contributed by atoms with E-state index < -0.39 is 0 Å². The Hall–Kier alpha value is -2.97. The van der Waals surface area contributed by atoms with Gasteiger partial charge >= 0.3 is 0 Å². The number of thiocarbonyl (C=S) groups is 1. The molecular formula is C23H27ClN4O3S. The van der Waals surface area contributed by atoms with Crippen LogP contribution in [-0.2, 0) is 13.1 Å². The minimum Gasteiger partial charge on any atom is -0.497 e. The van der Waals surface area contributed by atoms with E-state index in [1.807, 2.05) is 47.4 Å². The van der Waals surface area contributed by atoms with Gasteiger partial charge in [0.05, 0.1) is 32.7 Å². The second kappa shape index (κ2) is 11.6. The van der Waals surface area contributed by atoms with Gasteiger partial charge in [0.15, 0.2) is 5.11 Å². The Labute approximate surface area is 198 Å². The van der Waals surface area contributed by atoms with Crippen LogP contribution in [0.4, 0.5) is 5.69 Å². The van der Waals surface area contributed by atoms with Crippen LogP contribution in [0.5, 0.6) is 17.2 Å². The van der Waals surface area contributed by atoms with Gasteiger partial charge in [-0.1, -0.05) is 11.6 Å². The summed E-state index contributed by atoms with van der Waals surface area (Å²) in [6.45, 7) is 2.16. The third kappa shape index (κ3) is 6.27. The zero-order valence-corrected chi connectivity index (χ0v) is 19.9. The van der Waals surface area contributed by atoms with Crippen LogP contribution in [0, 0.1) is 0 Å². The van der Waals surface area contributed by atoms with Gasteiger partial charge in [0.2, 0.25) is 0 Å². The molecule has 0 aliphatic heterocycles. The summed E-state index contributed by atoms with van der Waals surface area (Å²) in [7, 11) is 4.87. The van der Waals surface area contributed by atoms with Gasteiger partial charge in [-0.2, -0.15) is 0 Å². The van der Waals surface area contributed by atoms with Crippen molar-refractivity contribution in [2.24, 2.45) is 0 Å². The molecule has 9 heteroatoms. The van der Waals surface area contributed by atoms with Crippen molar-refractivity contribution >= 4 is 34.6 Å². The molecule has 0 unspecified atom stereocenters. The molecule has 0 atom stereocenters. The molecule has 1 aromatic heterocycles. The SMILES string of the molecule is COc1ccc(CN(CCCn2ccnc2)C(=S)Nc2ccc(Cl)c(OC)c2)c(OC)c1. The molecule has 0 aliphatic rings. The molecule has 0 radical (unpaired) electrons. The number of rotatable bonds is 10. The smallest absolute Gasteiger partial charge is 0.173 e. The molecule has 0 spiro atoms. The Bertz CT molecular complexity index is 1030. The van der Waals surface area contributed by atoms with E-state index in [4.69, 9.17) is 38.0 Å². The minimum atomic E-state index is 0.545. The van der Waals surface area contributed by atoms with E-state index >= 15 is 0 Å². The highest BCUT2D eigenvalue weighted by atomic mass is 35.5. The number of methoxy groups -OCH3 is 3. The molecule has 0 bridgehead atoms. The number of aryl methyl sites for hydroxylation is 1. The summed E-state index contributed by atoms with van der Waals surface area (Å²) in [5, 5.41) is 4.44. The van der Waals surface area contributed by atoms with E-state index in [2.05, 4.69) is 15.2 Å². The van der Waals surface area contributed by atoms with Crippen LogP contribution in [0.25, 0.3) is 0 Å². The second-order valence-electron chi connectivity index (χ2n) is 7.03. The molecule has 0 saturated heterocycles. The highest BCUT2D eigenvalue weighted by Crippen LogP contribution is 2.29. The number of hydrogen-bond donors (Lipinski definition) is 1. The fourth-order valence-electron chi connectivity index (χ4n) is 3.24. The summed E-state index contributed by atoms with van der Waals surface area (Å²) >= 11 is 11.9. The number of halogens is 1. The van der Waals surface area contributed by atoms with E-state index in [1.165, 1.54) is 0 Å². The van der Waals surface area contributed by atoms with Crippen molar-refractivity contribution in [3.05, 3.63) is 65.7 Å². The van der Waals surface area contributed by atoms with Crippen molar-refractivity contribution in [3.63, 3.8) is 0 Å². The molecule has 1 heterocycles. The minimum absolute atomic E-state index is 0.545. The zero-order chi connectivity index (χ0) is 22.9. The van der Waals surface area contributed by atoms with Crippen molar-refractivity contribution in [1.29, 1.82) is 0 Å². The number of hydrogen-bond acceptors (Lipinski definition) is 5. The Morgan fingerprint density at radius 2 is 1.91 bits per heavy atom. The quantitative estimate of drug-likeness (QED) is 0.421. The van der Waals surface area contributed by atoms with Crippen LogP contribution in [0.15, 0.2) is 55.1 Å². The van der Waals surface area contributed by atoms with E-state index in [-0.39, 0.29) is 0 Å². The summed E-state index contributed by atoms with van der Waals surface area (Å²) in [6, 6.07) is 11.3. The van der Waals surface area contributed by atoms with Gasteiger partial charge in [-0.15, -0.1) is 0 Å². The summed E-state index contributed by atoms with van der Waals surface area (Å²) in [5.41, 5.74) is 1.81. The fraction of sp³-hybridized carbons (Fsp3) is 0.304. The topological polar surface area (TPSA) is 60.8 Å². The standard InChI is InChI=1S/C23H27ClN4O3S/c1-29-19-7-5-17(21(14-19)30-2)15-28(11-4-10-27-12-9-25-16-27)23(32)26-18-6-8-20(24)22(13-18)31-3/h5-9,12-14,16H,4,10-11,15H2,1-3H3,(H,26,32). The average Bonchev–Trinajstić information content (AvgIpc) is 3.33. The van der Waals surface area contributed by atoms with E-state index in [9.17, 15) is 0 Å². The van der Waals surface area contributed by atoms with E-state index in [0.717, 1.165) is 42.3 Å². The average molecular weight is 475 g/mol. The predicted molar refractivity (Wildman–Crippen MR) is 131 cm³/mol. The predicted octanol–water partition coefficient (Wildman–Crippen LogP) is 4.85.